The Bertz CT molecular complexity index is 1060. The second-order valence-electron chi connectivity index (χ2n) is 5.67. The van der Waals surface area contributed by atoms with Gasteiger partial charge < -0.3 is 19.5 Å². The Kier molecular flexibility index (Phi) is 4.21. The van der Waals surface area contributed by atoms with Gasteiger partial charge in [0.2, 0.25) is 6.79 Å². The van der Waals surface area contributed by atoms with E-state index < -0.39 is 11.5 Å². The summed E-state index contributed by atoms with van der Waals surface area (Å²) in [7, 11) is 1.38. The van der Waals surface area contributed by atoms with Crippen molar-refractivity contribution in [3.63, 3.8) is 0 Å². The van der Waals surface area contributed by atoms with Crippen LogP contribution in [0.1, 0.15) is 10.5 Å². The number of para-hydroxylation sites is 1. The second-order valence-corrected chi connectivity index (χ2v) is 5.67. The molecule has 2 aromatic carbocycles. The Hall–Kier alpha value is -3.81. The van der Waals surface area contributed by atoms with Gasteiger partial charge in [0.15, 0.2) is 22.9 Å². The van der Waals surface area contributed by atoms with Crippen LogP contribution in [0.5, 0.6) is 17.2 Å². The minimum Gasteiger partial charge on any atom is -0.494 e. The summed E-state index contributed by atoms with van der Waals surface area (Å²) in [5.74, 6) is 0.726. The number of fused-ring (bicyclic) bond motifs is 1. The standard InChI is InChI=1S/C19H15N3O5/c1-25-16-10-17(23)22(13-5-3-2-4-6-13)21-18(16)19(24)20-12-7-8-14-15(9-12)27-11-26-14/h2-10H,11H2,1H3,(H,20,24). The number of rotatable bonds is 4. The van der Waals surface area contributed by atoms with E-state index in [2.05, 4.69) is 10.4 Å². The van der Waals surface area contributed by atoms with Crippen LogP contribution in [0, 0.1) is 0 Å². The number of ether oxygens (including phenoxy) is 3. The van der Waals surface area contributed by atoms with E-state index in [1.165, 1.54) is 13.2 Å². The Morgan fingerprint density at radius 1 is 1.11 bits per heavy atom. The van der Waals surface area contributed by atoms with E-state index in [-0.39, 0.29) is 18.2 Å². The summed E-state index contributed by atoms with van der Waals surface area (Å²) >= 11 is 0. The van der Waals surface area contributed by atoms with Gasteiger partial charge in [-0.3, -0.25) is 9.59 Å². The summed E-state index contributed by atoms with van der Waals surface area (Å²) in [6, 6.07) is 15.1. The molecule has 8 nitrogen and oxygen atoms in total. The van der Waals surface area contributed by atoms with Crippen molar-refractivity contribution in [3.05, 3.63) is 70.6 Å². The number of methoxy groups -OCH3 is 1. The van der Waals surface area contributed by atoms with Crippen LogP contribution in [0.2, 0.25) is 0 Å². The number of carbonyl (C=O) groups is 1. The summed E-state index contributed by atoms with van der Waals surface area (Å²) in [6.45, 7) is 0.143. The zero-order valence-corrected chi connectivity index (χ0v) is 14.3. The predicted octanol–water partition coefficient (Wildman–Crippen LogP) is 2.22. The van der Waals surface area contributed by atoms with E-state index in [0.717, 1.165) is 4.68 Å². The fourth-order valence-electron chi connectivity index (χ4n) is 2.67. The third-order valence-corrected chi connectivity index (χ3v) is 3.96. The molecule has 0 radical (unpaired) electrons. The average molecular weight is 365 g/mol. The van der Waals surface area contributed by atoms with Crippen LogP contribution in [0.4, 0.5) is 5.69 Å². The number of nitrogens with zero attached hydrogens (tertiary/aromatic N) is 2. The number of nitrogens with one attached hydrogen (secondary N) is 1. The van der Waals surface area contributed by atoms with Crippen LogP contribution in [0.25, 0.3) is 5.69 Å². The van der Waals surface area contributed by atoms with Gasteiger partial charge in [-0.2, -0.15) is 9.78 Å². The Morgan fingerprint density at radius 3 is 2.67 bits per heavy atom. The summed E-state index contributed by atoms with van der Waals surface area (Å²) in [5, 5.41) is 6.92. The Morgan fingerprint density at radius 2 is 1.89 bits per heavy atom. The first-order valence-electron chi connectivity index (χ1n) is 8.10. The van der Waals surface area contributed by atoms with Crippen LogP contribution in [-0.4, -0.2) is 29.6 Å². The molecule has 0 saturated carbocycles. The van der Waals surface area contributed by atoms with Gasteiger partial charge >= 0.3 is 0 Å². The zero-order valence-electron chi connectivity index (χ0n) is 14.3. The smallest absolute Gasteiger partial charge is 0.280 e. The monoisotopic (exact) mass is 365 g/mol. The largest absolute Gasteiger partial charge is 0.494 e. The van der Waals surface area contributed by atoms with Gasteiger partial charge in [0, 0.05) is 11.8 Å². The lowest BCUT2D eigenvalue weighted by Gasteiger charge is -2.11. The van der Waals surface area contributed by atoms with Gasteiger partial charge in [0.05, 0.1) is 18.9 Å². The molecule has 0 bridgehead atoms. The highest BCUT2D eigenvalue weighted by Crippen LogP contribution is 2.34. The van der Waals surface area contributed by atoms with E-state index in [9.17, 15) is 9.59 Å². The van der Waals surface area contributed by atoms with Crippen molar-refractivity contribution in [1.82, 2.24) is 9.78 Å². The molecule has 4 rings (SSSR count). The van der Waals surface area contributed by atoms with Crippen molar-refractivity contribution in [2.24, 2.45) is 0 Å². The maximum absolute atomic E-state index is 12.7. The topological polar surface area (TPSA) is 91.7 Å². The summed E-state index contributed by atoms with van der Waals surface area (Å²) in [6.07, 6.45) is 0. The Labute approximate surface area is 153 Å². The molecule has 1 amide bonds. The molecule has 2 heterocycles. The molecule has 27 heavy (non-hydrogen) atoms. The molecule has 0 spiro atoms. The van der Waals surface area contributed by atoms with E-state index in [4.69, 9.17) is 14.2 Å². The van der Waals surface area contributed by atoms with Crippen molar-refractivity contribution in [2.75, 3.05) is 19.2 Å². The van der Waals surface area contributed by atoms with Crippen LogP contribution in [0.3, 0.4) is 0 Å². The molecule has 1 aliphatic heterocycles. The fourth-order valence-corrected chi connectivity index (χ4v) is 2.67. The van der Waals surface area contributed by atoms with E-state index >= 15 is 0 Å². The van der Waals surface area contributed by atoms with Crippen LogP contribution in [-0.2, 0) is 0 Å². The molecule has 1 aliphatic rings. The van der Waals surface area contributed by atoms with E-state index in [0.29, 0.717) is 22.9 Å². The van der Waals surface area contributed by atoms with Crippen molar-refractivity contribution in [1.29, 1.82) is 0 Å². The minimum absolute atomic E-state index is 0.0152. The average Bonchev–Trinajstić information content (AvgIpc) is 3.16. The number of hydrogen-bond donors (Lipinski definition) is 1. The lowest BCUT2D eigenvalue weighted by Crippen LogP contribution is -2.26. The lowest BCUT2D eigenvalue weighted by molar-refractivity contribution is 0.101. The zero-order chi connectivity index (χ0) is 18.8. The highest BCUT2D eigenvalue weighted by atomic mass is 16.7. The number of benzene rings is 2. The number of aromatic nitrogens is 2. The highest BCUT2D eigenvalue weighted by molar-refractivity contribution is 6.04. The number of anilines is 1. The van der Waals surface area contributed by atoms with Gasteiger partial charge in [0.1, 0.15) is 0 Å². The van der Waals surface area contributed by atoms with Gasteiger partial charge in [0.25, 0.3) is 11.5 Å². The van der Waals surface area contributed by atoms with E-state index in [1.807, 2.05) is 6.07 Å². The number of amides is 1. The quantitative estimate of drug-likeness (QED) is 0.762. The highest BCUT2D eigenvalue weighted by Gasteiger charge is 2.20. The van der Waals surface area contributed by atoms with Gasteiger partial charge in [-0.25, -0.2) is 0 Å². The van der Waals surface area contributed by atoms with Gasteiger partial charge in [-0.1, -0.05) is 18.2 Å². The molecule has 0 aliphatic carbocycles. The molecule has 3 aromatic rings. The molecular formula is C19H15N3O5. The molecule has 0 atom stereocenters. The predicted molar refractivity (Wildman–Crippen MR) is 96.9 cm³/mol. The maximum atomic E-state index is 12.7. The SMILES string of the molecule is COc1cc(=O)n(-c2ccccc2)nc1C(=O)Nc1ccc2c(c1)OCO2. The van der Waals surface area contributed by atoms with Gasteiger partial charge in [-0.15, -0.1) is 0 Å². The molecule has 136 valence electrons. The number of hydrogen-bond acceptors (Lipinski definition) is 6. The molecule has 0 unspecified atom stereocenters. The maximum Gasteiger partial charge on any atom is 0.280 e. The molecule has 1 N–H and O–H groups in total. The summed E-state index contributed by atoms with van der Waals surface area (Å²) in [4.78, 5) is 25.1. The van der Waals surface area contributed by atoms with Crippen LogP contribution in [0.15, 0.2) is 59.4 Å². The molecule has 0 fully saturated rings. The number of carbonyl (C=O) groups excluding carboxylic acids is 1. The lowest BCUT2D eigenvalue weighted by atomic mass is 10.2. The molecular weight excluding hydrogens is 350 g/mol. The van der Waals surface area contributed by atoms with Crippen molar-refractivity contribution < 1.29 is 19.0 Å². The first kappa shape index (κ1) is 16.6. The van der Waals surface area contributed by atoms with E-state index in [1.54, 1.807) is 42.5 Å². The summed E-state index contributed by atoms with van der Waals surface area (Å²) < 4.78 is 16.9. The fraction of sp³-hybridized carbons (Fsp3) is 0.105. The van der Waals surface area contributed by atoms with Crippen LogP contribution < -0.4 is 25.1 Å². The van der Waals surface area contributed by atoms with Crippen LogP contribution >= 0.6 is 0 Å². The molecule has 8 heteroatoms. The van der Waals surface area contributed by atoms with Crippen molar-refractivity contribution >= 4 is 11.6 Å². The first-order valence-corrected chi connectivity index (χ1v) is 8.10. The Balaban J connectivity index is 1.69. The van der Waals surface area contributed by atoms with Crippen molar-refractivity contribution in [2.45, 2.75) is 0 Å². The minimum atomic E-state index is -0.518. The third-order valence-electron chi connectivity index (χ3n) is 3.96. The van der Waals surface area contributed by atoms with Gasteiger partial charge in [-0.05, 0) is 24.3 Å². The van der Waals surface area contributed by atoms with Crippen molar-refractivity contribution in [3.8, 4) is 22.9 Å². The molecule has 1 aromatic heterocycles. The third kappa shape index (κ3) is 3.20. The first-order chi connectivity index (χ1) is 13.2. The second kappa shape index (κ2) is 6.83. The normalized spacial score (nSPS) is 11.9. The molecule has 0 saturated heterocycles. The summed E-state index contributed by atoms with van der Waals surface area (Å²) in [5.41, 5.74) is 0.629.